The van der Waals surface area contributed by atoms with Gasteiger partial charge in [0.05, 0.1) is 7.11 Å². The van der Waals surface area contributed by atoms with E-state index in [4.69, 9.17) is 4.74 Å². The number of anilines is 1. The van der Waals surface area contributed by atoms with Gasteiger partial charge in [0, 0.05) is 23.7 Å². The monoisotopic (exact) mass is 352 g/mol. The van der Waals surface area contributed by atoms with Gasteiger partial charge < -0.3 is 15.4 Å². The van der Waals surface area contributed by atoms with Crippen LogP contribution in [0, 0.1) is 11.8 Å². The highest BCUT2D eigenvalue weighted by molar-refractivity contribution is 5.98. The van der Waals surface area contributed by atoms with Gasteiger partial charge in [-0.15, -0.1) is 0 Å². The Bertz CT molecular complexity index is 803. The van der Waals surface area contributed by atoms with Crippen LogP contribution in [0.1, 0.15) is 29.3 Å². The molecule has 2 N–H and O–H groups in total. The van der Waals surface area contributed by atoms with E-state index in [-0.39, 0.29) is 17.7 Å². The second kappa shape index (κ2) is 8.04. The van der Waals surface area contributed by atoms with Gasteiger partial charge in [0.1, 0.15) is 5.75 Å². The maximum atomic E-state index is 12.4. The summed E-state index contributed by atoms with van der Waals surface area (Å²) in [6.07, 6.45) is 1.63. The highest BCUT2D eigenvalue weighted by Crippen LogP contribution is 2.38. The third-order valence-corrected chi connectivity index (χ3v) is 4.71. The fourth-order valence-corrected chi connectivity index (χ4v) is 2.98. The Labute approximate surface area is 153 Å². The van der Waals surface area contributed by atoms with Crippen molar-refractivity contribution in [3.8, 4) is 5.75 Å². The van der Waals surface area contributed by atoms with E-state index >= 15 is 0 Å². The van der Waals surface area contributed by atoms with Crippen molar-refractivity contribution >= 4 is 17.5 Å². The predicted octanol–water partition coefficient (Wildman–Crippen LogP) is 3.26. The molecule has 136 valence electrons. The van der Waals surface area contributed by atoms with Crippen LogP contribution in [0.25, 0.3) is 0 Å². The average molecular weight is 352 g/mol. The second-order valence-corrected chi connectivity index (χ2v) is 6.71. The molecule has 5 nitrogen and oxygen atoms in total. The smallest absolute Gasteiger partial charge is 0.251 e. The molecule has 0 saturated heterocycles. The zero-order valence-corrected chi connectivity index (χ0v) is 15.1. The number of methoxy groups -OCH3 is 1. The molecule has 2 aromatic rings. The van der Waals surface area contributed by atoms with E-state index in [2.05, 4.69) is 17.6 Å². The lowest BCUT2D eigenvalue weighted by Gasteiger charge is -2.10. The Hall–Kier alpha value is -2.82. The van der Waals surface area contributed by atoms with Gasteiger partial charge in [0.2, 0.25) is 5.91 Å². The van der Waals surface area contributed by atoms with Crippen molar-refractivity contribution in [1.29, 1.82) is 0 Å². The Morgan fingerprint density at radius 2 is 1.92 bits per heavy atom. The molecule has 0 radical (unpaired) electrons. The number of rotatable bonds is 7. The van der Waals surface area contributed by atoms with E-state index in [1.54, 1.807) is 31.4 Å². The third kappa shape index (κ3) is 4.42. The minimum atomic E-state index is -0.157. The molecule has 0 spiro atoms. The standard InChI is InChI=1S/C21H24N2O3/c1-14-12-18(14)21(25)23-17-8-5-7-16(13-17)20(24)22-11-10-15-6-3-4-9-19(15)26-2/h3-9,13-14,18H,10-12H2,1-2H3,(H,22,24)(H,23,25)/t14-,18-/m0/s1. The summed E-state index contributed by atoms with van der Waals surface area (Å²) in [5, 5.41) is 5.81. The van der Waals surface area contributed by atoms with Gasteiger partial charge in [0.25, 0.3) is 5.91 Å². The van der Waals surface area contributed by atoms with E-state index in [1.165, 1.54) is 0 Å². The molecule has 1 fully saturated rings. The zero-order valence-electron chi connectivity index (χ0n) is 15.1. The molecule has 3 rings (SSSR count). The Kier molecular flexibility index (Phi) is 5.56. The van der Waals surface area contributed by atoms with E-state index < -0.39 is 0 Å². The first-order valence-electron chi connectivity index (χ1n) is 8.89. The van der Waals surface area contributed by atoms with Gasteiger partial charge in [-0.3, -0.25) is 9.59 Å². The minimum absolute atomic E-state index is 0.0335. The summed E-state index contributed by atoms with van der Waals surface area (Å²) in [5.41, 5.74) is 2.24. The van der Waals surface area contributed by atoms with Crippen molar-refractivity contribution < 1.29 is 14.3 Å². The first-order valence-corrected chi connectivity index (χ1v) is 8.89. The van der Waals surface area contributed by atoms with Gasteiger partial charge in [-0.25, -0.2) is 0 Å². The third-order valence-electron chi connectivity index (χ3n) is 4.71. The van der Waals surface area contributed by atoms with Crippen LogP contribution in [0.2, 0.25) is 0 Å². The normalized spacial score (nSPS) is 18.1. The van der Waals surface area contributed by atoms with E-state index in [0.717, 1.165) is 17.7 Å². The van der Waals surface area contributed by atoms with Crippen molar-refractivity contribution in [2.75, 3.05) is 19.0 Å². The Morgan fingerprint density at radius 1 is 1.15 bits per heavy atom. The lowest BCUT2D eigenvalue weighted by molar-refractivity contribution is -0.117. The SMILES string of the molecule is COc1ccccc1CCNC(=O)c1cccc(NC(=O)[C@H]2C[C@@H]2C)c1. The number of hydrogen-bond acceptors (Lipinski definition) is 3. The van der Waals surface area contributed by atoms with Crippen LogP contribution in [0.3, 0.4) is 0 Å². The fraction of sp³-hybridized carbons (Fsp3) is 0.333. The Balaban J connectivity index is 1.54. The molecule has 1 aliphatic rings. The molecule has 1 saturated carbocycles. The summed E-state index contributed by atoms with van der Waals surface area (Å²) >= 11 is 0. The number of para-hydroxylation sites is 1. The minimum Gasteiger partial charge on any atom is -0.496 e. The summed E-state index contributed by atoms with van der Waals surface area (Å²) in [5.74, 6) is 1.26. The number of carbonyl (C=O) groups excluding carboxylic acids is 2. The molecule has 2 amide bonds. The van der Waals surface area contributed by atoms with Crippen molar-refractivity contribution in [2.24, 2.45) is 11.8 Å². The van der Waals surface area contributed by atoms with Gasteiger partial charge in [-0.1, -0.05) is 31.2 Å². The van der Waals surface area contributed by atoms with Gasteiger partial charge in [0.15, 0.2) is 0 Å². The summed E-state index contributed by atoms with van der Waals surface area (Å²) in [6, 6.07) is 14.8. The molecule has 2 atom stereocenters. The van der Waals surface area contributed by atoms with E-state index in [1.807, 2.05) is 24.3 Å². The topological polar surface area (TPSA) is 67.4 Å². The lowest BCUT2D eigenvalue weighted by atomic mass is 10.1. The predicted molar refractivity (Wildman–Crippen MR) is 101 cm³/mol. The number of benzene rings is 2. The maximum absolute atomic E-state index is 12.4. The van der Waals surface area contributed by atoms with E-state index in [9.17, 15) is 9.59 Å². The highest BCUT2D eigenvalue weighted by atomic mass is 16.5. The molecule has 5 heteroatoms. The largest absolute Gasteiger partial charge is 0.496 e. The number of nitrogens with one attached hydrogen (secondary N) is 2. The number of ether oxygens (including phenoxy) is 1. The van der Waals surface area contributed by atoms with Crippen LogP contribution in [-0.2, 0) is 11.2 Å². The van der Waals surface area contributed by atoms with Gasteiger partial charge in [-0.05, 0) is 48.6 Å². The van der Waals surface area contributed by atoms with Crippen molar-refractivity contribution in [3.05, 3.63) is 59.7 Å². The quantitative estimate of drug-likeness (QED) is 0.804. The van der Waals surface area contributed by atoms with Crippen LogP contribution in [-0.4, -0.2) is 25.5 Å². The highest BCUT2D eigenvalue weighted by Gasteiger charge is 2.39. The average Bonchev–Trinajstić information content (AvgIpc) is 3.39. The summed E-state index contributed by atoms with van der Waals surface area (Å²) in [7, 11) is 1.64. The molecule has 26 heavy (non-hydrogen) atoms. The molecule has 2 aromatic carbocycles. The molecule has 0 unspecified atom stereocenters. The Morgan fingerprint density at radius 3 is 2.65 bits per heavy atom. The van der Waals surface area contributed by atoms with Crippen LogP contribution < -0.4 is 15.4 Å². The van der Waals surface area contributed by atoms with E-state index in [0.29, 0.717) is 30.1 Å². The van der Waals surface area contributed by atoms with Crippen LogP contribution in [0.5, 0.6) is 5.75 Å². The van der Waals surface area contributed by atoms with Gasteiger partial charge in [-0.2, -0.15) is 0 Å². The summed E-state index contributed by atoms with van der Waals surface area (Å²) in [4.78, 5) is 24.4. The van der Waals surface area contributed by atoms with Crippen LogP contribution in [0.15, 0.2) is 48.5 Å². The number of amides is 2. The van der Waals surface area contributed by atoms with Crippen LogP contribution >= 0.6 is 0 Å². The summed E-state index contributed by atoms with van der Waals surface area (Å²) < 4.78 is 5.32. The van der Waals surface area contributed by atoms with Crippen LogP contribution in [0.4, 0.5) is 5.69 Å². The first kappa shape index (κ1) is 18.0. The van der Waals surface area contributed by atoms with Gasteiger partial charge >= 0.3 is 0 Å². The van der Waals surface area contributed by atoms with Crippen molar-refractivity contribution in [3.63, 3.8) is 0 Å². The lowest BCUT2D eigenvalue weighted by Crippen LogP contribution is -2.26. The summed E-state index contributed by atoms with van der Waals surface area (Å²) in [6.45, 7) is 2.57. The molecular formula is C21H24N2O3. The van der Waals surface area contributed by atoms with Crippen molar-refractivity contribution in [1.82, 2.24) is 5.32 Å². The van der Waals surface area contributed by atoms with Crippen molar-refractivity contribution in [2.45, 2.75) is 19.8 Å². The number of carbonyl (C=O) groups is 2. The molecule has 1 aliphatic carbocycles. The number of hydrogen-bond donors (Lipinski definition) is 2. The first-order chi connectivity index (χ1) is 12.6. The molecular weight excluding hydrogens is 328 g/mol. The molecule has 0 heterocycles. The maximum Gasteiger partial charge on any atom is 0.251 e. The molecule has 0 aromatic heterocycles. The zero-order chi connectivity index (χ0) is 18.5. The second-order valence-electron chi connectivity index (χ2n) is 6.71. The molecule has 0 aliphatic heterocycles. The fourth-order valence-electron chi connectivity index (χ4n) is 2.98. The molecule has 0 bridgehead atoms.